The van der Waals surface area contributed by atoms with Gasteiger partial charge in [-0.25, -0.2) is 0 Å². The van der Waals surface area contributed by atoms with Crippen LogP contribution in [0.25, 0.3) is 33.4 Å². The van der Waals surface area contributed by atoms with Crippen molar-refractivity contribution in [1.29, 1.82) is 0 Å². The molecule has 0 spiro atoms. The van der Waals surface area contributed by atoms with Gasteiger partial charge in [0.05, 0.1) is 11.1 Å². The molecule has 0 aromatic heterocycles. The third-order valence-corrected chi connectivity index (χ3v) is 18.3. The molecule has 0 atom stereocenters. The first-order valence-electron chi connectivity index (χ1n) is 26.3. The van der Waals surface area contributed by atoms with Crippen LogP contribution in [0, 0.1) is 31.6 Å². The van der Waals surface area contributed by atoms with E-state index >= 15 is 0 Å². The molecule has 0 radical (unpaired) electrons. The van der Waals surface area contributed by atoms with Crippen molar-refractivity contribution in [2.75, 3.05) is 4.90 Å². The second kappa shape index (κ2) is 15.8. The number of benzene rings is 8. The first-order chi connectivity index (χ1) is 33.6. The molecule has 69 heavy (non-hydrogen) atoms. The zero-order chi connectivity index (χ0) is 46.8. The Balaban J connectivity index is 1.01. The predicted molar refractivity (Wildman–Crippen MR) is 290 cm³/mol. The molecule has 6 aliphatic rings. The molecule has 1 heteroatoms. The number of rotatable bonds is 9. The lowest BCUT2D eigenvalue weighted by Gasteiger charge is -2.57. The standard InChI is InChI=1S/C68H65N/c1-7-48-17-9-13-21-59(48)68(60-22-14-10-18-49(60)8-2)62-24-16-12-20-56(62)58-32-30-54(39-64(58)68)69(53-29-31-57-55-19-11-15-23-61(55)66(5,6)63(57)38-53)65-43(3)33-51(34-44(65)4)50-25-27-52(28-26-50)67-40-45-35-46(41-67)37-47(36-45)42-67/h9-34,38-39,45-47H,7-8,35-37,40-42H2,1-6H3. The molecule has 14 rings (SSSR count). The Labute approximate surface area is 411 Å². The first-order valence-corrected chi connectivity index (χ1v) is 26.3. The average Bonchev–Trinajstić information content (AvgIpc) is 3.79. The molecule has 0 aliphatic heterocycles. The van der Waals surface area contributed by atoms with Crippen LogP contribution in [0.1, 0.15) is 127 Å². The van der Waals surface area contributed by atoms with Crippen molar-refractivity contribution in [3.8, 4) is 33.4 Å². The largest absolute Gasteiger partial charge is 0.310 e. The van der Waals surface area contributed by atoms with Crippen LogP contribution in [0.15, 0.2) is 170 Å². The minimum atomic E-state index is -0.509. The summed E-state index contributed by atoms with van der Waals surface area (Å²) in [4.78, 5) is 2.61. The lowest BCUT2D eigenvalue weighted by atomic mass is 9.48. The molecule has 0 N–H and O–H groups in total. The van der Waals surface area contributed by atoms with Crippen LogP contribution in [0.2, 0.25) is 0 Å². The highest BCUT2D eigenvalue weighted by Gasteiger charge is 2.52. The Morgan fingerprint density at radius 2 is 0.884 bits per heavy atom. The molecule has 8 aromatic rings. The van der Waals surface area contributed by atoms with Gasteiger partial charge in [0.2, 0.25) is 0 Å². The molecule has 1 nitrogen and oxygen atoms in total. The number of anilines is 3. The highest BCUT2D eigenvalue weighted by atomic mass is 15.1. The molecule has 0 unspecified atom stereocenters. The number of hydrogen-bond acceptors (Lipinski definition) is 1. The molecule has 342 valence electrons. The monoisotopic (exact) mass is 896 g/mol. The zero-order valence-corrected chi connectivity index (χ0v) is 41.5. The quantitative estimate of drug-likeness (QED) is 0.140. The van der Waals surface area contributed by atoms with E-state index in [9.17, 15) is 0 Å². The fourth-order valence-corrected chi connectivity index (χ4v) is 15.7. The van der Waals surface area contributed by atoms with E-state index in [-0.39, 0.29) is 5.41 Å². The van der Waals surface area contributed by atoms with Gasteiger partial charge in [-0.1, -0.05) is 161 Å². The predicted octanol–water partition coefficient (Wildman–Crippen LogP) is 17.7. The maximum Gasteiger partial charge on any atom is 0.0719 e. The Kier molecular flexibility index (Phi) is 9.76. The van der Waals surface area contributed by atoms with Crippen LogP contribution >= 0.6 is 0 Å². The molecule has 4 fully saturated rings. The Morgan fingerprint density at radius 3 is 1.43 bits per heavy atom. The van der Waals surface area contributed by atoms with Gasteiger partial charge in [0.1, 0.15) is 0 Å². The minimum Gasteiger partial charge on any atom is -0.310 e. The van der Waals surface area contributed by atoms with Crippen LogP contribution in [0.3, 0.4) is 0 Å². The van der Waals surface area contributed by atoms with Crippen LogP contribution < -0.4 is 4.90 Å². The number of fused-ring (bicyclic) bond motifs is 6. The molecule has 0 amide bonds. The number of nitrogens with zero attached hydrogens (tertiary/aromatic N) is 1. The highest BCUT2D eigenvalue weighted by Crippen LogP contribution is 2.62. The summed E-state index contributed by atoms with van der Waals surface area (Å²) in [5, 5.41) is 0. The molecule has 8 aromatic carbocycles. The Morgan fingerprint density at radius 1 is 0.435 bits per heavy atom. The van der Waals surface area contributed by atoms with Gasteiger partial charge in [0, 0.05) is 16.8 Å². The van der Waals surface area contributed by atoms with Gasteiger partial charge in [-0.15, -0.1) is 0 Å². The SMILES string of the molecule is CCc1ccccc1C1(c2ccccc2CC)c2ccccc2-c2ccc(N(c3ccc4c(c3)C(C)(C)c3ccccc3-4)c3c(C)cc(-c4ccc(C56CC7CC(CC(C7)C5)C6)cc4)cc3C)cc21. The molecular weight excluding hydrogens is 831 g/mol. The van der Waals surface area contributed by atoms with Crippen molar-refractivity contribution in [1.82, 2.24) is 0 Å². The summed E-state index contributed by atoms with van der Waals surface area (Å²) in [5.41, 5.74) is 26.5. The highest BCUT2D eigenvalue weighted by molar-refractivity contribution is 5.92. The van der Waals surface area contributed by atoms with E-state index in [1.165, 1.54) is 145 Å². The fourth-order valence-electron chi connectivity index (χ4n) is 15.7. The van der Waals surface area contributed by atoms with Crippen molar-refractivity contribution < 1.29 is 0 Å². The van der Waals surface area contributed by atoms with Gasteiger partial charge in [-0.2, -0.15) is 0 Å². The molecular formula is C68H65N. The summed E-state index contributed by atoms with van der Waals surface area (Å²) in [7, 11) is 0. The third-order valence-electron chi connectivity index (χ3n) is 18.3. The van der Waals surface area contributed by atoms with E-state index in [0.29, 0.717) is 5.41 Å². The summed E-state index contributed by atoms with van der Waals surface area (Å²) < 4.78 is 0. The van der Waals surface area contributed by atoms with Gasteiger partial charge >= 0.3 is 0 Å². The number of aryl methyl sites for hydroxylation is 4. The van der Waals surface area contributed by atoms with Gasteiger partial charge in [-0.3, -0.25) is 0 Å². The van der Waals surface area contributed by atoms with Crippen molar-refractivity contribution in [2.45, 2.75) is 109 Å². The normalized spacial score (nSPS) is 21.7. The van der Waals surface area contributed by atoms with E-state index in [2.05, 4.69) is 216 Å². The van der Waals surface area contributed by atoms with Crippen LogP contribution in [-0.2, 0) is 29.1 Å². The summed E-state index contributed by atoms with van der Waals surface area (Å²) in [5.74, 6) is 2.83. The third kappa shape index (κ3) is 6.27. The van der Waals surface area contributed by atoms with Crippen molar-refractivity contribution >= 4 is 17.1 Å². The lowest BCUT2D eigenvalue weighted by Crippen LogP contribution is -2.48. The molecule has 6 aliphatic carbocycles. The summed E-state index contributed by atoms with van der Waals surface area (Å²) in [6.45, 7) is 14.1. The summed E-state index contributed by atoms with van der Waals surface area (Å²) in [6.07, 6.45) is 10.6. The summed E-state index contributed by atoms with van der Waals surface area (Å²) in [6, 6.07) is 66.4. The second-order valence-electron chi connectivity index (χ2n) is 22.5. The van der Waals surface area contributed by atoms with Gasteiger partial charge < -0.3 is 4.90 Å². The maximum absolute atomic E-state index is 2.61. The van der Waals surface area contributed by atoms with Gasteiger partial charge in [0.25, 0.3) is 0 Å². The molecule has 0 saturated heterocycles. The smallest absolute Gasteiger partial charge is 0.0719 e. The Bertz CT molecular complexity index is 3240. The van der Waals surface area contributed by atoms with Crippen molar-refractivity contribution in [3.63, 3.8) is 0 Å². The first kappa shape index (κ1) is 42.6. The van der Waals surface area contributed by atoms with Crippen LogP contribution in [0.5, 0.6) is 0 Å². The van der Waals surface area contributed by atoms with E-state index in [4.69, 9.17) is 0 Å². The van der Waals surface area contributed by atoms with Gasteiger partial charge in [0.15, 0.2) is 0 Å². The minimum absolute atomic E-state index is 0.133. The topological polar surface area (TPSA) is 3.24 Å². The van der Waals surface area contributed by atoms with Crippen molar-refractivity contribution in [2.24, 2.45) is 17.8 Å². The molecule has 0 heterocycles. The lowest BCUT2D eigenvalue weighted by molar-refractivity contribution is -0.00518. The van der Waals surface area contributed by atoms with Gasteiger partial charge in [-0.05, 0) is 219 Å². The van der Waals surface area contributed by atoms with Crippen molar-refractivity contribution in [3.05, 3.63) is 231 Å². The molecule has 4 saturated carbocycles. The second-order valence-corrected chi connectivity index (χ2v) is 22.5. The van der Waals surface area contributed by atoms with E-state index < -0.39 is 5.41 Å². The zero-order valence-electron chi connectivity index (χ0n) is 41.5. The van der Waals surface area contributed by atoms with E-state index in [1.54, 1.807) is 5.56 Å². The summed E-state index contributed by atoms with van der Waals surface area (Å²) >= 11 is 0. The molecule has 4 bridgehead atoms. The van der Waals surface area contributed by atoms with E-state index in [1.807, 2.05) is 0 Å². The fraction of sp³-hybridized carbons (Fsp3) is 0.294. The average molecular weight is 896 g/mol. The van der Waals surface area contributed by atoms with Crippen LogP contribution in [0.4, 0.5) is 17.1 Å². The Hall–Kier alpha value is -6.44. The number of hydrogen-bond donors (Lipinski definition) is 0. The maximum atomic E-state index is 2.61. The van der Waals surface area contributed by atoms with Crippen LogP contribution in [-0.4, -0.2) is 0 Å². The van der Waals surface area contributed by atoms with E-state index in [0.717, 1.165) is 30.6 Å².